The van der Waals surface area contributed by atoms with Crippen LogP contribution < -0.4 is 10.1 Å². The van der Waals surface area contributed by atoms with Gasteiger partial charge in [-0.05, 0) is 45.1 Å². The summed E-state index contributed by atoms with van der Waals surface area (Å²) < 4.78 is 5.22. The monoisotopic (exact) mass is 250 g/mol. The molecule has 1 aliphatic heterocycles. The highest BCUT2D eigenvalue weighted by atomic mass is 16.5. The molecule has 0 amide bonds. The zero-order valence-electron chi connectivity index (χ0n) is 11.3. The Balaban J connectivity index is 2.18. The Morgan fingerprint density at radius 1 is 1.50 bits per heavy atom. The Bertz CT molecular complexity index is 403. The summed E-state index contributed by atoms with van der Waals surface area (Å²) in [5.74, 6) is 1.12. The van der Waals surface area contributed by atoms with E-state index < -0.39 is 0 Å². The van der Waals surface area contributed by atoms with Gasteiger partial charge in [0.15, 0.2) is 0 Å². The van der Waals surface area contributed by atoms with Crippen LogP contribution in [0.4, 0.5) is 0 Å². The molecule has 4 nitrogen and oxygen atoms in total. The molecule has 100 valence electrons. The molecule has 2 unspecified atom stereocenters. The Labute approximate surface area is 109 Å². The van der Waals surface area contributed by atoms with E-state index in [1.165, 1.54) is 0 Å². The zero-order valence-corrected chi connectivity index (χ0v) is 11.3. The molecule has 1 aromatic rings. The maximum Gasteiger partial charge on any atom is 0.120 e. The topological polar surface area (TPSA) is 44.7 Å². The van der Waals surface area contributed by atoms with Crippen molar-refractivity contribution in [3.8, 4) is 11.5 Å². The number of phenolic OH excluding ortho intramolecular Hbond substituents is 1. The van der Waals surface area contributed by atoms with Gasteiger partial charge in [0.05, 0.1) is 7.11 Å². The third-order valence-corrected chi connectivity index (χ3v) is 3.91. The highest BCUT2D eigenvalue weighted by molar-refractivity contribution is 5.41. The van der Waals surface area contributed by atoms with Gasteiger partial charge in [0.1, 0.15) is 11.5 Å². The van der Waals surface area contributed by atoms with E-state index in [2.05, 4.69) is 24.2 Å². The molecule has 18 heavy (non-hydrogen) atoms. The Morgan fingerprint density at radius 2 is 2.28 bits per heavy atom. The van der Waals surface area contributed by atoms with E-state index in [1.807, 2.05) is 6.07 Å². The average Bonchev–Trinajstić information content (AvgIpc) is 2.91. The fourth-order valence-corrected chi connectivity index (χ4v) is 2.52. The third kappa shape index (κ3) is 2.60. The second kappa shape index (κ2) is 5.59. The molecule has 0 aliphatic carbocycles. The fourth-order valence-electron chi connectivity index (χ4n) is 2.52. The van der Waals surface area contributed by atoms with Gasteiger partial charge in [-0.3, -0.25) is 4.90 Å². The lowest BCUT2D eigenvalue weighted by Gasteiger charge is -2.30. The number of likely N-dealkylation sites (N-methyl/N-ethyl adjacent to an activating group) is 1. The maximum atomic E-state index is 9.99. The molecule has 0 saturated carbocycles. The first-order chi connectivity index (χ1) is 8.63. The highest BCUT2D eigenvalue weighted by Gasteiger charge is 2.25. The Hall–Kier alpha value is -1.26. The van der Waals surface area contributed by atoms with Gasteiger partial charge in [0.25, 0.3) is 0 Å². The number of phenols is 1. The number of ether oxygens (including phenoxy) is 1. The van der Waals surface area contributed by atoms with Crippen molar-refractivity contribution in [2.24, 2.45) is 0 Å². The summed E-state index contributed by atoms with van der Waals surface area (Å²) in [6.45, 7) is 4.21. The van der Waals surface area contributed by atoms with Crippen LogP contribution in [0.15, 0.2) is 18.2 Å². The van der Waals surface area contributed by atoms with Crippen LogP contribution in [0.2, 0.25) is 0 Å². The second-order valence-electron chi connectivity index (χ2n) is 4.91. The summed E-state index contributed by atoms with van der Waals surface area (Å²) in [6, 6.07) is 6.10. The van der Waals surface area contributed by atoms with E-state index in [-0.39, 0.29) is 6.04 Å². The standard InChI is InChI=1S/C14H22N2O2/c1-10(16(2)11-6-7-15-9-11)13-8-12(18-3)4-5-14(13)17/h4-5,8,10-11,15,17H,6-7,9H2,1-3H3. The number of rotatable bonds is 4. The number of nitrogens with one attached hydrogen (secondary N) is 1. The normalized spacial score (nSPS) is 21.2. The van der Waals surface area contributed by atoms with E-state index in [0.29, 0.717) is 11.8 Å². The number of aromatic hydroxyl groups is 1. The highest BCUT2D eigenvalue weighted by Crippen LogP contribution is 2.32. The first-order valence-corrected chi connectivity index (χ1v) is 6.43. The summed E-state index contributed by atoms with van der Waals surface area (Å²) in [6.07, 6.45) is 1.16. The van der Waals surface area contributed by atoms with Gasteiger partial charge >= 0.3 is 0 Å². The van der Waals surface area contributed by atoms with Crippen LogP contribution in [0, 0.1) is 0 Å². The van der Waals surface area contributed by atoms with Gasteiger partial charge in [-0.1, -0.05) is 0 Å². The van der Waals surface area contributed by atoms with Gasteiger partial charge in [-0.25, -0.2) is 0 Å². The number of hydrogen-bond donors (Lipinski definition) is 2. The van der Waals surface area contributed by atoms with Crippen LogP contribution in [0.25, 0.3) is 0 Å². The molecule has 1 aliphatic rings. The summed E-state index contributed by atoms with van der Waals surface area (Å²) in [5.41, 5.74) is 0.920. The molecule has 4 heteroatoms. The van der Waals surface area contributed by atoms with Crippen molar-refractivity contribution in [1.82, 2.24) is 10.2 Å². The van der Waals surface area contributed by atoms with Crippen molar-refractivity contribution in [1.29, 1.82) is 0 Å². The second-order valence-corrected chi connectivity index (χ2v) is 4.91. The smallest absolute Gasteiger partial charge is 0.120 e. The molecule has 1 heterocycles. The molecule has 0 spiro atoms. The lowest BCUT2D eigenvalue weighted by Crippen LogP contribution is -2.35. The van der Waals surface area contributed by atoms with Crippen LogP contribution in [-0.2, 0) is 0 Å². The zero-order chi connectivity index (χ0) is 13.1. The minimum absolute atomic E-state index is 0.171. The maximum absolute atomic E-state index is 9.99. The summed E-state index contributed by atoms with van der Waals surface area (Å²) >= 11 is 0. The molecule has 0 aromatic heterocycles. The van der Waals surface area contributed by atoms with E-state index in [9.17, 15) is 5.11 Å². The van der Waals surface area contributed by atoms with Gasteiger partial charge in [-0.2, -0.15) is 0 Å². The van der Waals surface area contributed by atoms with Crippen molar-refractivity contribution in [3.63, 3.8) is 0 Å². The van der Waals surface area contributed by atoms with Gasteiger partial charge < -0.3 is 15.2 Å². The SMILES string of the molecule is COc1ccc(O)c(C(C)N(C)C2CCNC2)c1. The molecule has 1 aromatic carbocycles. The minimum Gasteiger partial charge on any atom is -0.508 e. The molecule has 1 saturated heterocycles. The van der Waals surface area contributed by atoms with Crippen LogP contribution in [0.3, 0.4) is 0 Å². The lowest BCUT2D eigenvalue weighted by molar-refractivity contribution is 0.193. The molecule has 0 radical (unpaired) electrons. The van der Waals surface area contributed by atoms with Crippen molar-refractivity contribution >= 4 is 0 Å². The average molecular weight is 250 g/mol. The summed E-state index contributed by atoms with van der Waals surface area (Å²) in [7, 11) is 3.76. The molecular weight excluding hydrogens is 228 g/mol. The first-order valence-electron chi connectivity index (χ1n) is 6.43. The Kier molecular flexibility index (Phi) is 4.09. The fraction of sp³-hybridized carbons (Fsp3) is 0.571. The van der Waals surface area contributed by atoms with Gasteiger partial charge in [0, 0.05) is 24.2 Å². The third-order valence-electron chi connectivity index (χ3n) is 3.91. The summed E-state index contributed by atoms with van der Waals surface area (Å²) in [4.78, 5) is 2.31. The number of hydrogen-bond acceptors (Lipinski definition) is 4. The van der Waals surface area contributed by atoms with E-state index >= 15 is 0 Å². The first kappa shape index (κ1) is 13.2. The quantitative estimate of drug-likeness (QED) is 0.854. The Morgan fingerprint density at radius 3 is 2.89 bits per heavy atom. The van der Waals surface area contributed by atoms with Crippen LogP contribution in [0.1, 0.15) is 24.9 Å². The molecular formula is C14H22N2O2. The molecule has 2 atom stereocenters. The van der Waals surface area contributed by atoms with E-state index in [0.717, 1.165) is 30.8 Å². The van der Waals surface area contributed by atoms with Crippen LogP contribution in [0.5, 0.6) is 11.5 Å². The number of benzene rings is 1. The molecule has 1 fully saturated rings. The van der Waals surface area contributed by atoms with Gasteiger partial charge in [0.2, 0.25) is 0 Å². The van der Waals surface area contributed by atoms with E-state index in [1.54, 1.807) is 19.2 Å². The van der Waals surface area contributed by atoms with Crippen molar-refractivity contribution in [3.05, 3.63) is 23.8 Å². The number of nitrogens with zero attached hydrogens (tertiary/aromatic N) is 1. The number of methoxy groups -OCH3 is 1. The lowest BCUT2D eigenvalue weighted by atomic mass is 10.0. The predicted molar refractivity (Wildman–Crippen MR) is 72.1 cm³/mol. The van der Waals surface area contributed by atoms with Crippen molar-refractivity contribution in [2.75, 3.05) is 27.2 Å². The minimum atomic E-state index is 0.171. The van der Waals surface area contributed by atoms with Crippen LogP contribution in [-0.4, -0.2) is 43.3 Å². The van der Waals surface area contributed by atoms with Crippen LogP contribution >= 0.6 is 0 Å². The predicted octanol–water partition coefficient (Wildman–Crippen LogP) is 1.76. The summed E-state index contributed by atoms with van der Waals surface area (Å²) in [5, 5.41) is 13.4. The molecule has 2 N–H and O–H groups in total. The largest absolute Gasteiger partial charge is 0.508 e. The molecule has 0 bridgehead atoms. The van der Waals surface area contributed by atoms with Crippen molar-refractivity contribution < 1.29 is 9.84 Å². The van der Waals surface area contributed by atoms with Gasteiger partial charge in [-0.15, -0.1) is 0 Å². The molecule has 2 rings (SSSR count). The van der Waals surface area contributed by atoms with Crippen molar-refractivity contribution in [2.45, 2.75) is 25.4 Å². The van der Waals surface area contributed by atoms with E-state index in [4.69, 9.17) is 4.74 Å².